The number of carbonyl (C=O) groups is 1. The number of hydrogen-bond donors (Lipinski definition) is 0. The van der Waals surface area contributed by atoms with Gasteiger partial charge >= 0.3 is 0 Å². The van der Waals surface area contributed by atoms with Crippen LogP contribution in [0.15, 0.2) is 67.0 Å². The van der Waals surface area contributed by atoms with Crippen LogP contribution in [-0.4, -0.2) is 11.9 Å². The number of ketones is 1. The Bertz CT molecular complexity index is 2730. The summed E-state index contributed by atoms with van der Waals surface area (Å²) in [5, 5.41) is 2.75. The lowest BCUT2D eigenvalue weighted by Gasteiger charge is -2.44. The number of benzene rings is 6. The lowest BCUT2D eigenvalue weighted by atomic mass is 9.12. The molecule has 1 heterocycles. The van der Waals surface area contributed by atoms with Gasteiger partial charge in [0.15, 0.2) is 82.2 Å². The number of hydrogen-bond acceptors (Lipinski definition) is 1. The average Bonchev–Trinajstić information content (AvgIpc) is 3.29. The minimum atomic E-state index is -7.22. The van der Waals surface area contributed by atoms with E-state index in [0.717, 1.165) is 21.4 Å². The van der Waals surface area contributed by atoms with E-state index in [1.807, 2.05) is 71.6 Å². The van der Waals surface area contributed by atoms with Crippen LogP contribution in [-0.2, 0) is 6.54 Å². The van der Waals surface area contributed by atoms with Crippen molar-refractivity contribution in [2.24, 2.45) is 0 Å². The van der Waals surface area contributed by atoms with Gasteiger partial charge in [0.2, 0.25) is 12.3 Å². The van der Waals surface area contributed by atoms with Crippen LogP contribution in [0, 0.1) is 116 Å². The fraction of sp³-hybridized carbons (Fsp3) is 0.0244. The Kier molecular flexibility index (Phi) is 13.0. The van der Waals surface area contributed by atoms with Gasteiger partial charge in [0.25, 0.3) is 0 Å². The molecule has 0 bridgehead atoms. The first kappa shape index (κ1) is 47.8. The molecular formula is C41H13BClF20NO. The molecule has 0 fully saturated rings. The molecular weight excluding hydrogens is 949 g/mol. The topological polar surface area (TPSA) is 20.9 Å². The van der Waals surface area contributed by atoms with E-state index in [0.29, 0.717) is 6.54 Å². The number of halogens is 21. The molecule has 7 rings (SSSR count). The van der Waals surface area contributed by atoms with E-state index in [-0.39, 0.29) is 5.78 Å². The van der Waals surface area contributed by atoms with E-state index in [1.165, 1.54) is 0 Å². The van der Waals surface area contributed by atoms with Gasteiger partial charge in [-0.05, 0) is 12.1 Å². The summed E-state index contributed by atoms with van der Waals surface area (Å²) in [6.45, 7) is 0.326. The van der Waals surface area contributed by atoms with Crippen LogP contribution < -0.4 is 26.4 Å². The van der Waals surface area contributed by atoms with Crippen LogP contribution in [0.5, 0.6) is 0 Å². The van der Waals surface area contributed by atoms with Crippen molar-refractivity contribution in [1.82, 2.24) is 0 Å². The summed E-state index contributed by atoms with van der Waals surface area (Å²) in [4.78, 5) is 12.2. The maximum absolute atomic E-state index is 15.4. The first-order chi connectivity index (χ1) is 30.4. The Hall–Kier alpha value is -6.65. The molecule has 338 valence electrons. The number of pyridine rings is 1. The summed E-state index contributed by atoms with van der Waals surface area (Å²) >= 11 is 6.13. The van der Waals surface area contributed by atoms with Gasteiger partial charge < -0.3 is 0 Å². The quantitative estimate of drug-likeness (QED) is 0.0390. The molecule has 0 saturated heterocycles. The second kappa shape index (κ2) is 17.7. The molecule has 0 aliphatic carbocycles. The highest BCUT2D eigenvalue weighted by molar-refractivity contribution is 7.20. The Morgan fingerprint density at radius 2 is 0.708 bits per heavy atom. The van der Waals surface area contributed by atoms with Gasteiger partial charge in [-0.3, -0.25) is 4.79 Å². The van der Waals surface area contributed by atoms with E-state index >= 15 is 35.1 Å². The largest absolute Gasteiger partial charge is 0.287 e. The molecule has 7 aromatic rings. The summed E-state index contributed by atoms with van der Waals surface area (Å²) in [6.07, 6.45) is -3.39. The Morgan fingerprint density at radius 1 is 0.400 bits per heavy atom. The van der Waals surface area contributed by atoms with E-state index in [9.17, 15) is 57.5 Å². The van der Waals surface area contributed by atoms with Crippen molar-refractivity contribution in [3.05, 3.63) is 194 Å². The van der Waals surface area contributed by atoms with E-state index < -0.39 is 144 Å². The SMILES string of the molecule is Fc1c(F)c(F)c([B-](c2c(F)c(F)c(F)c(F)c2F)(c2c(F)c(F)c(F)c(F)c2F)c2c(F)c(F)c(F)c(F)c2F)c(F)c1F.O=C(C[n+]1ccc2c(Cl)cccc2c1)c1ccccc1. The van der Waals surface area contributed by atoms with Crippen LogP contribution in [0.1, 0.15) is 10.4 Å². The van der Waals surface area contributed by atoms with Crippen molar-refractivity contribution < 1.29 is 97.2 Å². The second-order valence-corrected chi connectivity index (χ2v) is 13.9. The highest BCUT2D eigenvalue weighted by Gasteiger charge is 2.52. The molecule has 65 heavy (non-hydrogen) atoms. The third-order valence-electron chi connectivity index (χ3n) is 9.95. The zero-order valence-electron chi connectivity index (χ0n) is 30.9. The van der Waals surface area contributed by atoms with Crippen LogP contribution >= 0.6 is 11.6 Å². The fourth-order valence-electron chi connectivity index (χ4n) is 7.09. The van der Waals surface area contributed by atoms with Gasteiger partial charge in [-0.15, -0.1) is 21.9 Å². The Labute approximate surface area is 353 Å². The molecule has 0 unspecified atom stereocenters. The molecule has 2 nitrogen and oxygen atoms in total. The van der Waals surface area contributed by atoms with E-state index in [1.54, 1.807) is 0 Å². The van der Waals surface area contributed by atoms with Crippen molar-refractivity contribution in [3.8, 4) is 0 Å². The zero-order chi connectivity index (χ0) is 48.3. The molecule has 0 N–H and O–H groups in total. The molecule has 0 aliphatic rings. The van der Waals surface area contributed by atoms with Crippen LogP contribution in [0.25, 0.3) is 10.8 Å². The molecule has 0 atom stereocenters. The fourth-order valence-corrected chi connectivity index (χ4v) is 7.33. The average molecular weight is 962 g/mol. The number of Topliss-reactive ketones (excluding diaryl/α,β-unsaturated/α-hetero) is 1. The number of aromatic nitrogens is 1. The third-order valence-corrected chi connectivity index (χ3v) is 10.3. The molecule has 0 radical (unpaired) electrons. The maximum atomic E-state index is 15.4. The maximum Gasteiger partial charge on any atom is 0.227 e. The van der Waals surface area contributed by atoms with Crippen molar-refractivity contribution in [1.29, 1.82) is 0 Å². The van der Waals surface area contributed by atoms with Crippen molar-refractivity contribution in [2.45, 2.75) is 6.54 Å². The molecule has 6 aromatic carbocycles. The summed E-state index contributed by atoms with van der Waals surface area (Å²) in [5.41, 5.74) is -13.6. The summed E-state index contributed by atoms with van der Waals surface area (Å²) in [7, 11) is 0. The standard InChI is InChI=1S/C24BF20.C17H13ClNO/c26-5-1(6(27)14(35)21(42)13(5)34)25(2-7(28)15(36)22(43)16(37)8(2)29,3-9(30)17(38)23(44)18(39)10(3)31)4-11(32)19(40)24(45)20(41)12(4)33;18-16-8-4-7-14-11-19(10-9-15(14)16)12-17(20)13-5-2-1-3-6-13/h;1-11H,12H2/q-1;+1. The molecule has 0 spiro atoms. The first-order valence-electron chi connectivity index (χ1n) is 17.3. The van der Waals surface area contributed by atoms with Crippen LogP contribution in [0.2, 0.25) is 5.02 Å². The van der Waals surface area contributed by atoms with E-state index in [2.05, 4.69) is 0 Å². The van der Waals surface area contributed by atoms with Crippen molar-refractivity contribution in [2.75, 3.05) is 0 Å². The van der Waals surface area contributed by atoms with Gasteiger partial charge in [0.05, 0.1) is 0 Å². The predicted molar refractivity (Wildman–Crippen MR) is 189 cm³/mol. The van der Waals surface area contributed by atoms with Crippen LogP contribution in [0.3, 0.4) is 0 Å². The summed E-state index contributed by atoms with van der Waals surface area (Å²) in [6, 6.07) is 17.0. The normalized spacial score (nSPS) is 11.6. The van der Waals surface area contributed by atoms with Gasteiger partial charge in [0.1, 0.15) is 52.7 Å². The highest BCUT2D eigenvalue weighted by Crippen LogP contribution is 2.31. The lowest BCUT2D eigenvalue weighted by Crippen LogP contribution is -2.81. The summed E-state index contributed by atoms with van der Waals surface area (Å²) < 4.78 is 296. The minimum Gasteiger partial charge on any atom is -0.287 e. The number of nitrogens with zero attached hydrogens (tertiary/aromatic N) is 1. The zero-order valence-corrected chi connectivity index (χ0v) is 31.7. The van der Waals surface area contributed by atoms with E-state index in [4.69, 9.17) is 11.6 Å². The molecule has 0 amide bonds. The summed E-state index contributed by atoms with van der Waals surface area (Å²) in [5.74, 6) is -71.3. The number of rotatable bonds is 7. The Balaban J connectivity index is 0.000000289. The smallest absolute Gasteiger partial charge is 0.227 e. The number of carbonyl (C=O) groups excluding carboxylic acids is 1. The van der Waals surface area contributed by atoms with Gasteiger partial charge in [-0.25, -0.2) is 87.8 Å². The second-order valence-electron chi connectivity index (χ2n) is 13.4. The molecule has 1 aromatic heterocycles. The monoisotopic (exact) mass is 961 g/mol. The first-order valence-corrected chi connectivity index (χ1v) is 17.7. The number of fused-ring (bicyclic) bond motifs is 1. The molecule has 0 saturated carbocycles. The van der Waals surface area contributed by atoms with Gasteiger partial charge in [-0.1, -0.05) is 48.0 Å². The minimum absolute atomic E-state index is 0.0944. The molecule has 0 aliphatic heterocycles. The van der Waals surface area contributed by atoms with Gasteiger partial charge in [-0.2, -0.15) is 4.57 Å². The lowest BCUT2D eigenvalue weighted by molar-refractivity contribution is -0.681. The Morgan fingerprint density at radius 3 is 1.03 bits per heavy atom. The highest BCUT2D eigenvalue weighted by atomic mass is 35.5. The van der Waals surface area contributed by atoms with Crippen molar-refractivity contribution >= 4 is 56.2 Å². The van der Waals surface area contributed by atoms with Gasteiger partial charge in [0, 0.05) is 27.4 Å². The third kappa shape index (κ3) is 7.57. The van der Waals surface area contributed by atoms with Crippen molar-refractivity contribution in [3.63, 3.8) is 0 Å². The molecule has 24 heteroatoms. The van der Waals surface area contributed by atoms with Crippen LogP contribution in [0.4, 0.5) is 87.8 Å². The predicted octanol–water partition coefficient (Wildman–Crippen LogP) is 9.51.